The van der Waals surface area contributed by atoms with Crippen molar-refractivity contribution in [2.45, 2.75) is 25.7 Å². The Morgan fingerprint density at radius 1 is 1.04 bits per heavy atom. The van der Waals surface area contributed by atoms with Crippen molar-refractivity contribution in [1.82, 2.24) is 9.97 Å². The summed E-state index contributed by atoms with van der Waals surface area (Å²) in [5.41, 5.74) is 4.61. The molecule has 0 spiro atoms. The maximum atomic E-state index is 12.3. The summed E-state index contributed by atoms with van der Waals surface area (Å²) in [5, 5.41) is 2.93. The van der Waals surface area contributed by atoms with Crippen molar-refractivity contribution < 1.29 is 9.53 Å². The van der Waals surface area contributed by atoms with Gasteiger partial charge in [-0.1, -0.05) is 18.2 Å². The van der Waals surface area contributed by atoms with Gasteiger partial charge in [-0.05, 0) is 60.2 Å². The molecule has 1 aliphatic rings. The number of fused-ring (bicyclic) bond motifs is 1. The lowest BCUT2D eigenvalue weighted by atomic mass is 10.0. The third-order valence-corrected chi connectivity index (χ3v) is 4.43. The van der Waals surface area contributed by atoms with Crippen LogP contribution < -0.4 is 10.1 Å². The van der Waals surface area contributed by atoms with E-state index in [2.05, 4.69) is 33.5 Å². The van der Waals surface area contributed by atoms with Crippen LogP contribution in [0.25, 0.3) is 0 Å². The first-order chi connectivity index (χ1) is 12.8. The molecule has 1 N–H and O–H groups in total. The summed E-state index contributed by atoms with van der Waals surface area (Å²) in [7, 11) is 0. The van der Waals surface area contributed by atoms with Crippen molar-refractivity contribution in [3.63, 3.8) is 0 Å². The molecule has 0 radical (unpaired) electrons. The van der Waals surface area contributed by atoms with Crippen LogP contribution in [-0.2, 0) is 24.1 Å². The van der Waals surface area contributed by atoms with E-state index in [9.17, 15) is 4.79 Å². The van der Waals surface area contributed by atoms with E-state index in [1.165, 1.54) is 17.5 Å². The number of aromatic nitrogens is 2. The van der Waals surface area contributed by atoms with E-state index in [0.29, 0.717) is 18.1 Å². The first kappa shape index (κ1) is 16.3. The summed E-state index contributed by atoms with van der Waals surface area (Å²) in [5.74, 6) is 1.05. The summed E-state index contributed by atoms with van der Waals surface area (Å²) in [6, 6.07) is 13.6. The fourth-order valence-corrected chi connectivity index (χ4v) is 3.19. The normalized spacial score (nSPS) is 12.5. The van der Waals surface area contributed by atoms with Gasteiger partial charge in [-0.3, -0.25) is 9.78 Å². The molecule has 130 valence electrons. The van der Waals surface area contributed by atoms with E-state index >= 15 is 0 Å². The molecule has 5 heteroatoms. The molecule has 0 fully saturated rings. The molecule has 0 saturated heterocycles. The molecule has 1 amide bonds. The van der Waals surface area contributed by atoms with Crippen molar-refractivity contribution in [2.24, 2.45) is 0 Å². The Kier molecular flexibility index (Phi) is 4.60. The molecule has 0 atom stereocenters. The van der Waals surface area contributed by atoms with Crippen molar-refractivity contribution in [3.8, 4) is 11.6 Å². The molecule has 1 aliphatic carbocycles. The average Bonchev–Trinajstić information content (AvgIpc) is 3.12. The maximum absolute atomic E-state index is 12.3. The van der Waals surface area contributed by atoms with E-state index in [4.69, 9.17) is 4.74 Å². The molecule has 2 aromatic carbocycles. The number of ether oxygens (including phenoxy) is 1. The Hall–Kier alpha value is -3.21. The summed E-state index contributed by atoms with van der Waals surface area (Å²) < 4.78 is 5.59. The van der Waals surface area contributed by atoms with E-state index in [1.807, 2.05) is 12.1 Å². The average molecular weight is 345 g/mol. The minimum atomic E-state index is -0.0226. The van der Waals surface area contributed by atoms with Crippen molar-refractivity contribution in [3.05, 3.63) is 77.7 Å². The number of amides is 1. The van der Waals surface area contributed by atoms with Gasteiger partial charge in [-0.25, -0.2) is 4.98 Å². The van der Waals surface area contributed by atoms with E-state index in [0.717, 1.165) is 24.1 Å². The van der Waals surface area contributed by atoms with Gasteiger partial charge in [0, 0.05) is 18.1 Å². The predicted octanol–water partition coefficient (Wildman–Crippen LogP) is 3.94. The minimum absolute atomic E-state index is 0.0226. The van der Waals surface area contributed by atoms with E-state index in [1.54, 1.807) is 30.7 Å². The molecule has 0 unspecified atom stereocenters. The smallest absolute Gasteiger partial charge is 0.237 e. The molecule has 4 rings (SSSR count). The summed E-state index contributed by atoms with van der Waals surface area (Å²) in [6.45, 7) is 0. The topological polar surface area (TPSA) is 64.1 Å². The molecule has 1 heterocycles. The standard InChI is InChI=1S/C21H19N3O2/c25-20(13-15-4-5-16-2-1-3-17(16)12-15)24-18-6-8-19(9-7-18)26-21-14-22-10-11-23-21/h4-12,14H,1-3,13H2,(H,24,25). The van der Waals surface area contributed by atoms with Crippen LogP contribution in [0.2, 0.25) is 0 Å². The van der Waals surface area contributed by atoms with Crippen LogP contribution in [0.4, 0.5) is 5.69 Å². The first-order valence-electron chi connectivity index (χ1n) is 8.71. The number of benzene rings is 2. The zero-order valence-corrected chi connectivity index (χ0v) is 14.3. The fraction of sp³-hybridized carbons (Fsp3) is 0.190. The Bertz CT molecular complexity index is 908. The third kappa shape index (κ3) is 3.88. The lowest BCUT2D eigenvalue weighted by Crippen LogP contribution is -2.14. The summed E-state index contributed by atoms with van der Waals surface area (Å²) >= 11 is 0. The van der Waals surface area contributed by atoms with Crippen LogP contribution in [0.15, 0.2) is 61.1 Å². The van der Waals surface area contributed by atoms with E-state index < -0.39 is 0 Å². The largest absolute Gasteiger partial charge is 0.438 e. The number of hydrogen-bond donors (Lipinski definition) is 1. The SMILES string of the molecule is O=C(Cc1ccc2c(c1)CCC2)Nc1ccc(Oc2cnccn2)cc1. The summed E-state index contributed by atoms with van der Waals surface area (Å²) in [6.07, 6.45) is 8.59. The number of rotatable bonds is 5. The molecule has 0 saturated carbocycles. The molecular formula is C21H19N3O2. The maximum Gasteiger partial charge on any atom is 0.237 e. The number of anilines is 1. The van der Waals surface area contributed by atoms with Crippen molar-refractivity contribution in [1.29, 1.82) is 0 Å². The lowest BCUT2D eigenvalue weighted by molar-refractivity contribution is -0.115. The zero-order valence-electron chi connectivity index (χ0n) is 14.3. The highest BCUT2D eigenvalue weighted by atomic mass is 16.5. The second kappa shape index (κ2) is 7.35. The Labute approximate surface area is 152 Å². The molecule has 26 heavy (non-hydrogen) atoms. The molecule has 1 aromatic heterocycles. The third-order valence-electron chi connectivity index (χ3n) is 4.43. The van der Waals surface area contributed by atoms with Crippen molar-refractivity contribution in [2.75, 3.05) is 5.32 Å². The van der Waals surface area contributed by atoms with Crippen LogP contribution in [0.1, 0.15) is 23.1 Å². The van der Waals surface area contributed by atoms with Crippen LogP contribution >= 0.6 is 0 Å². The fourth-order valence-electron chi connectivity index (χ4n) is 3.19. The second-order valence-electron chi connectivity index (χ2n) is 6.35. The Morgan fingerprint density at radius 3 is 2.69 bits per heavy atom. The molecule has 0 aliphatic heterocycles. The highest BCUT2D eigenvalue weighted by Crippen LogP contribution is 2.24. The number of nitrogens with zero attached hydrogens (tertiary/aromatic N) is 2. The van der Waals surface area contributed by atoms with Gasteiger partial charge >= 0.3 is 0 Å². The molecule has 0 bridgehead atoms. The second-order valence-corrected chi connectivity index (χ2v) is 6.35. The van der Waals surface area contributed by atoms with Gasteiger partial charge < -0.3 is 10.1 Å². The Morgan fingerprint density at radius 2 is 1.88 bits per heavy atom. The molecule has 5 nitrogen and oxygen atoms in total. The summed E-state index contributed by atoms with van der Waals surface area (Å²) in [4.78, 5) is 20.3. The predicted molar refractivity (Wildman–Crippen MR) is 99.3 cm³/mol. The monoisotopic (exact) mass is 345 g/mol. The quantitative estimate of drug-likeness (QED) is 0.761. The highest BCUT2D eigenvalue weighted by Gasteiger charge is 2.12. The number of nitrogens with one attached hydrogen (secondary N) is 1. The van der Waals surface area contributed by atoms with Gasteiger partial charge in [0.05, 0.1) is 12.6 Å². The van der Waals surface area contributed by atoms with Crippen LogP contribution in [0, 0.1) is 0 Å². The number of hydrogen-bond acceptors (Lipinski definition) is 4. The Balaban J connectivity index is 1.35. The minimum Gasteiger partial charge on any atom is -0.438 e. The number of carbonyl (C=O) groups excluding carboxylic acids is 1. The van der Waals surface area contributed by atoms with Gasteiger partial charge in [0.15, 0.2) is 0 Å². The van der Waals surface area contributed by atoms with Gasteiger partial charge in [0.25, 0.3) is 0 Å². The van der Waals surface area contributed by atoms with Crippen molar-refractivity contribution >= 4 is 11.6 Å². The highest BCUT2D eigenvalue weighted by molar-refractivity contribution is 5.92. The van der Waals surface area contributed by atoms with Gasteiger partial charge in [-0.2, -0.15) is 0 Å². The first-order valence-corrected chi connectivity index (χ1v) is 8.71. The van der Waals surface area contributed by atoms with Crippen LogP contribution in [0.5, 0.6) is 11.6 Å². The number of aryl methyl sites for hydroxylation is 2. The van der Waals surface area contributed by atoms with Crippen LogP contribution in [0.3, 0.4) is 0 Å². The van der Waals surface area contributed by atoms with Gasteiger partial charge in [0.1, 0.15) is 5.75 Å². The van der Waals surface area contributed by atoms with Crippen LogP contribution in [-0.4, -0.2) is 15.9 Å². The molecule has 3 aromatic rings. The molecular weight excluding hydrogens is 326 g/mol. The van der Waals surface area contributed by atoms with Gasteiger partial charge in [-0.15, -0.1) is 0 Å². The van der Waals surface area contributed by atoms with Gasteiger partial charge in [0.2, 0.25) is 11.8 Å². The lowest BCUT2D eigenvalue weighted by Gasteiger charge is -2.08. The van der Waals surface area contributed by atoms with E-state index in [-0.39, 0.29) is 5.91 Å². The number of carbonyl (C=O) groups is 1. The zero-order chi connectivity index (χ0) is 17.8.